The number of Topliss-reactive ketones (excluding diaryl/α,β-unsaturated/α-hetero) is 1. The fraction of sp³-hybridized carbons (Fsp3) is 0.500. The van der Waals surface area contributed by atoms with E-state index in [1.165, 1.54) is 6.07 Å². The number of fused-ring (bicyclic) bond motifs is 5. The lowest BCUT2D eigenvalue weighted by Crippen LogP contribution is -2.51. The summed E-state index contributed by atoms with van der Waals surface area (Å²) < 4.78 is 54.6. The molecule has 158 valence electrons. The van der Waals surface area contributed by atoms with Gasteiger partial charge in [0.15, 0.2) is 11.9 Å². The third-order valence-corrected chi connectivity index (χ3v) is 6.65. The Bertz CT molecular complexity index is 1070. The molecular formula is C22H21F4N3O. The summed E-state index contributed by atoms with van der Waals surface area (Å²) in [6.45, 7) is 3.98. The first kappa shape index (κ1) is 19.5. The highest BCUT2D eigenvalue weighted by Crippen LogP contribution is 2.59. The van der Waals surface area contributed by atoms with E-state index in [0.29, 0.717) is 53.7 Å². The molecule has 0 fully saturated rings. The fourth-order valence-electron chi connectivity index (χ4n) is 5.74. The van der Waals surface area contributed by atoms with Crippen LogP contribution in [0.3, 0.4) is 0 Å². The summed E-state index contributed by atoms with van der Waals surface area (Å²) in [6, 6.07) is 4.65. The van der Waals surface area contributed by atoms with Crippen LogP contribution < -0.4 is 5.32 Å². The van der Waals surface area contributed by atoms with E-state index in [0.717, 1.165) is 0 Å². The summed E-state index contributed by atoms with van der Waals surface area (Å²) in [5.41, 5.74) is 1.03. The lowest BCUT2D eigenvalue weighted by molar-refractivity contribution is -0.127. The molecule has 2 aliphatic heterocycles. The number of hydrogen-bond donors (Lipinski definition) is 1. The number of hydrogen-bond acceptors (Lipinski definition) is 4. The Morgan fingerprint density at radius 1 is 1.23 bits per heavy atom. The molecule has 2 heterocycles. The highest BCUT2D eigenvalue weighted by Gasteiger charge is 2.58. The monoisotopic (exact) mass is 419 g/mol. The number of carbonyl (C=O) groups excluding carboxylic acids is 1. The molecule has 2 aliphatic carbocycles. The highest BCUT2D eigenvalue weighted by atomic mass is 19.4. The van der Waals surface area contributed by atoms with Crippen molar-refractivity contribution in [1.29, 1.82) is 0 Å². The van der Waals surface area contributed by atoms with E-state index in [2.05, 4.69) is 15.5 Å². The molecule has 0 saturated carbocycles. The maximum absolute atomic E-state index is 14.6. The summed E-state index contributed by atoms with van der Waals surface area (Å²) in [5, 5.41) is 11.2. The number of benzene rings is 1. The number of halogens is 4. The van der Waals surface area contributed by atoms with Crippen molar-refractivity contribution in [1.82, 2.24) is 5.32 Å². The molecule has 1 aromatic rings. The first-order valence-electron chi connectivity index (χ1n) is 10.0. The molecule has 1 spiro atoms. The summed E-state index contributed by atoms with van der Waals surface area (Å²) >= 11 is 0. The Hall–Kier alpha value is -2.51. The van der Waals surface area contributed by atoms with E-state index in [1.807, 2.05) is 13.8 Å². The number of alkyl halides is 3. The summed E-state index contributed by atoms with van der Waals surface area (Å²) in [5.74, 6) is -0.495. The summed E-state index contributed by atoms with van der Waals surface area (Å²) in [4.78, 5) is 13.4. The predicted molar refractivity (Wildman–Crippen MR) is 101 cm³/mol. The molecule has 0 bridgehead atoms. The minimum Gasteiger partial charge on any atom is -0.362 e. The van der Waals surface area contributed by atoms with Gasteiger partial charge in [0.25, 0.3) is 0 Å². The number of rotatable bonds is 1. The maximum Gasteiger partial charge on any atom is 0.394 e. The summed E-state index contributed by atoms with van der Waals surface area (Å²) in [6.07, 6.45) is -4.89. The van der Waals surface area contributed by atoms with Crippen molar-refractivity contribution in [2.24, 2.45) is 15.6 Å². The van der Waals surface area contributed by atoms with Gasteiger partial charge < -0.3 is 5.32 Å². The van der Waals surface area contributed by atoms with Gasteiger partial charge in [0.2, 0.25) is 0 Å². The molecule has 1 N–H and O–H groups in total. The quantitative estimate of drug-likeness (QED) is 0.632. The number of nitrogens with one attached hydrogen (secondary N) is 1. The molecule has 5 rings (SSSR count). The predicted octanol–water partition coefficient (Wildman–Crippen LogP) is 5.25. The van der Waals surface area contributed by atoms with Gasteiger partial charge in [0.05, 0.1) is 17.5 Å². The SMILES string of the molecule is CC1(C)CC(=O)C2=C(C1)NC1N=NC(CC(F)(F)F)=C1C21CCc2c(F)cccc21. The number of azo groups is 1. The minimum absolute atomic E-state index is 0.102. The van der Waals surface area contributed by atoms with Crippen LogP contribution in [-0.2, 0) is 16.6 Å². The van der Waals surface area contributed by atoms with Crippen LogP contribution in [0.25, 0.3) is 0 Å². The van der Waals surface area contributed by atoms with Gasteiger partial charge in [-0.15, -0.1) is 0 Å². The van der Waals surface area contributed by atoms with Gasteiger partial charge in [0, 0.05) is 23.3 Å². The van der Waals surface area contributed by atoms with Gasteiger partial charge in [-0.25, -0.2) is 4.39 Å². The maximum atomic E-state index is 14.6. The van der Waals surface area contributed by atoms with Gasteiger partial charge in [-0.1, -0.05) is 26.0 Å². The van der Waals surface area contributed by atoms with E-state index in [9.17, 15) is 22.4 Å². The minimum atomic E-state index is -4.46. The first-order chi connectivity index (χ1) is 14.0. The molecule has 0 saturated heterocycles. The normalized spacial score (nSPS) is 29.3. The molecule has 0 aromatic heterocycles. The fourth-order valence-corrected chi connectivity index (χ4v) is 5.74. The zero-order chi connectivity index (χ0) is 21.5. The van der Waals surface area contributed by atoms with Crippen molar-refractivity contribution in [2.75, 3.05) is 0 Å². The van der Waals surface area contributed by atoms with Crippen molar-refractivity contribution in [3.8, 4) is 0 Å². The highest BCUT2D eigenvalue weighted by molar-refractivity contribution is 6.02. The number of nitrogens with zero attached hydrogens (tertiary/aromatic N) is 2. The molecular weight excluding hydrogens is 398 g/mol. The van der Waals surface area contributed by atoms with E-state index in [-0.39, 0.29) is 16.9 Å². The Morgan fingerprint density at radius 3 is 2.73 bits per heavy atom. The van der Waals surface area contributed by atoms with Gasteiger partial charge in [-0.2, -0.15) is 23.4 Å². The van der Waals surface area contributed by atoms with Crippen LogP contribution in [0.2, 0.25) is 0 Å². The van der Waals surface area contributed by atoms with Crippen LogP contribution >= 0.6 is 0 Å². The molecule has 0 amide bonds. The molecule has 0 radical (unpaired) electrons. The van der Waals surface area contributed by atoms with Gasteiger partial charge in [0.1, 0.15) is 5.82 Å². The molecule has 2 unspecified atom stereocenters. The molecule has 2 atom stereocenters. The van der Waals surface area contributed by atoms with Crippen LogP contribution in [0.15, 0.2) is 51.0 Å². The Labute approximate surface area is 171 Å². The third-order valence-electron chi connectivity index (χ3n) is 6.65. The zero-order valence-corrected chi connectivity index (χ0v) is 16.7. The van der Waals surface area contributed by atoms with Crippen molar-refractivity contribution in [3.05, 3.63) is 57.7 Å². The average molecular weight is 419 g/mol. The van der Waals surface area contributed by atoms with Crippen molar-refractivity contribution in [3.63, 3.8) is 0 Å². The Morgan fingerprint density at radius 2 is 2.00 bits per heavy atom. The Balaban J connectivity index is 1.81. The zero-order valence-electron chi connectivity index (χ0n) is 16.7. The lowest BCUT2D eigenvalue weighted by Gasteiger charge is -2.47. The van der Waals surface area contributed by atoms with Crippen LogP contribution in [0.1, 0.15) is 50.7 Å². The first-order valence-corrected chi connectivity index (χ1v) is 10.0. The molecule has 30 heavy (non-hydrogen) atoms. The van der Waals surface area contributed by atoms with Gasteiger partial charge in [-0.3, -0.25) is 4.79 Å². The molecule has 1 aromatic carbocycles. The molecule has 4 nitrogen and oxygen atoms in total. The third kappa shape index (κ3) is 2.68. The van der Waals surface area contributed by atoms with Crippen LogP contribution in [0, 0.1) is 11.2 Å². The van der Waals surface area contributed by atoms with Crippen LogP contribution in [-0.4, -0.2) is 18.1 Å². The average Bonchev–Trinajstić information content (AvgIpc) is 3.16. The van der Waals surface area contributed by atoms with E-state index in [1.54, 1.807) is 12.1 Å². The second kappa shape index (κ2) is 6.02. The van der Waals surface area contributed by atoms with Crippen LogP contribution in [0.5, 0.6) is 0 Å². The topological polar surface area (TPSA) is 53.8 Å². The van der Waals surface area contributed by atoms with Crippen LogP contribution in [0.4, 0.5) is 17.6 Å². The van der Waals surface area contributed by atoms with Crippen molar-refractivity contribution >= 4 is 5.78 Å². The largest absolute Gasteiger partial charge is 0.394 e. The number of carbonyl (C=O) groups is 1. The Kier molecular flexibility index (Phi) is 3.90. The lowest BCUT2D eigenvalue weighted by atomic mass is 9.59. The van der Waals surface area contributed by atoms with Crippen molar-refractivity contribution in [2.45, 2.75) is 63.7 Å². The second-order valence-corrected chi connectivity index (χ2v) is 9.38. The van der Waals surface area contributed by atoms with Gasteiger partial charge in [-0.05, 0) is 41.9 Å². The second-order valence-electron chi connectivity index (χ2n) is 9.38. The number of ketones is 1. The number of allylic oxidation sites excluding steroid dienone is 3. The van der Waals surface area contributed by atoms with Gasteiger partial charge >= 0.3 is 6.18 Å². The molecule has 4 aliphatic rings. The van der Waals surface area contributed by atoms with E-state index in [4.69, 9.17) is 0 Å². The summed E-state index contributed by atoms with van der Waals surface area (Å²) in [7, 11) is 0. The molecule has 8 heteroatoms. The van der Waals surface area contributed by atoms with Crippen molar-refractivity contribution < 1.29 is 22.4 Å². The van der Waals surface area contributed by atoms with E-state index >= 15 is 0 Å². The standard InChI is InChI=1S/C22H21F4N3O/c1-20(2)8-14-17(16(30)10-20)21(7-6-11-12(21)4-3-5-13(11)23)18-15(9-22(24,25)26)28-29-19(18)27-14/h3-5,19,27H,6-10H2,1-2H3. The smallest absolute Gasteiger partial charge is 0.362 e. The van der Waals surface area contributed by atoms with E-state index < -0.39 is 30.0 Å².